The van der Waals surface area contributed by atoms with E-state index < -0.39 is 30.1 Å². The van der Waals surface area contributed by atoms with Gasteiger partial charge in [-0.25, -0.2) is 9.18 Å². The number of ether oxygens (including phenoxy) is 1. The molecular weight excluding hydrogens is 213 g/mol. The van der Waals surface area contributed by atoms with Crippen molar-refractivity contribution >= 4 is 5.97 Å². The van der Waals surface area contributed by atoms with E-state index in [0.29, 0.717) is 0 Å². The molecular formula is C9H7F3O3. The number of carbonyl (C=O) groups excluding carboxylic acids is 1. The first-order chi connectivity index (χ1) is 6.96. The Morgan fingerprint density at radius 3 is 2.53 bits per heavy atom. The number of carbonyl (C=O) groups is 1. The fourth-order valence-electron chi connectivity index (χ4n) is 0.864. The van der Waals surface area contributed by atoms with Crippen LogP contribution in [0.4, 0.5) is 13.2 Å². The molecule has 0 heterocycles. The van der Waals surface area contributed by atoms with Crippen molar-refractivity contribution in [3.8, 4) is 5.75 Å². The molecule has 0 amide bonds. The Bertz CT molecular complexity index is 365. The van der Waals surface area contributed by atoms with Crippen molar-refractivity contribution in [1.82, 2.24) is 0 Å². The maximum Gasteiger partial charge on any atom is 0.429 e. The molecule has 0 aromatic heterocycles. The molecule has 0 spiro atoms. The smallest absolute Gasteiger partial charge is 0.429 e. The molecule has 0 radical (unpaired) electrons. The lowest BCUT2D eigenvalue weighted by Gasteiger charge is -2.12. The van der Waals surface area contributed by atoms with Gasteiger partial charge >= 0.3 is 12.1 Å². The third-order valence-electron chi connectivity index (χ3n) is 1.52. The minimum Gasteiger partial charge on any atom is -0.507 e. The standard InChI is InChI=1S/C9H7F3O3/c10-5-9(11,12)15-8(14)6-3-1-2-4-7(6)13/h1-4,13H,5H2. The molecule has 6 heteroatoms. The molecule has 0 fully saturated rings. The summed E-state index contributed by atoms with van der Waals surface area (Å²) in [7, 11) is 0. The topological polar surface area (TPSA) is 46.5 Å². The van der Waals surface area contributed by atoms with Gasteiger partial charge in [0.15, 0.2) is 6.67 Å². The number of phenols is 1. The molecule has 0 aliphatic rings. The number of rotatable bonds is 3. The van der Waals surface area contributed by atoms with Crippen LogP contribution < -0.4 is 0 Å². The van der Waals surface area contributed by atoms with Crippen LogP contribution in [0.2, 0.25) is 0 Å². The van der Waals surface area contributed by atoms with Crippen LogP contribution in [0.15, 0.2) is 24.3 Å². The average Bonchev–Trinajstić information content (AvgIpc) is 2.17. The Balaban J connectivity index is 2.83. The van der Waals surface area contributed by atoms with Crippen molar-refractivity contribution in [1.29, 1.82) is 0 Å². The predicted octanol–water partition coefficient (Wildman–Crippen LogP) is 2.11. The van der Waals surface area contributed by atoms with Crippen LogP contribution in [0.1, 0.15) is 10.4 Å². The largest absolute Gasteiger partial charge is 0.507 e. The van der Waals surface area contributed by atoms with Gasteiger partial charge in [0.05, 0.1) is 0 Å². The van der Waals surface area contributed by atoms with Crippen LogP contribution >= 0.6 is 0 Å². The Labute approximate surface area is 83.1 Å². The molecule has 0 saturated heterocycles. The van der Waals surface area contributed by atoms with Gasteiger partial charge in [-0.3, -0.25) is 0 Å². The van der Waals surface area contributed by atoms with Crippen molar-refractivity contribution < 1.29 is 27.8 Å². The van der Waals surface area contributed by atoms with Crippen LogP contribution in [0.5, 0.6) is 5.75 Å². The molecule has 0 aliphatic carbocycles. The van der Waals surface area contributed by atoms with Crippen LogP contribution in [-0.4, -0.2) is 23.9 Å². The first kappa shape index (κ1) is 11.4. The molecule has 1 aromatic rings. The second-order valence-corrected chi connectivity index (χ2v) is 2.68. The Kier molecular flexibility index (Phi) is 3.18. The predicted molar refractivity (Wildman–Crippen MR) is 44.4 cm³/mol. The second-order valence-electron chi connectivity index (χ2n) is 2.68. The highest BCUT2D eigenvalue weighted by atomic mass is 19.3. The van der Waals surface area contributed by atoms with E-state index in [1.54, 1.807) is 0 Å². The van der Waals surface area contributed by atoms with Gasteiger partial charge in [0.2, 0.25) is 0 Å². The number of benzene rings is 1. The molecule has 3 nitrogen and oxygen atoms in total. The van der Waals surface area contributed by atoms with Gasteiger partial charge in [0.25, 0.3) is 0 Å². The SMILES string of the molecule is O=C(OC(F)(F)CF)c1ccccc1O. The van der Waals surface area contributed by atoms with Crippen molar-refractivity contribution in [2.24, 2.45) is 0 Å². The van der Waals surface area contributed by atoms with Crippen molar-refractivity contribution in [3.05, 3.63) is 29.8 Å². The first-order valence-corrected chi connectivity index (χ1v) is 3.91. The lowest BCUT2D eigenvalue weighted by Crippen LogP contribution is -2.27. The molecule has 0 bridgehead atoms. The molecule has 15 heavy (non-hydrogen) atoms. The van der Waals surface area contributed by atoms with Crippen molar-refractivity contribution in [2.45, 2.75) is 6.11 Å². The molecule has 1 aromatic carbocycles. The normalized spacial score (nSPS) is 11.1. The highest BCUT2D eigenvalue weighted by molar-refractivity contribution is 5.92. The number of aromatic hydroxyl groups is 1. The summed E-state index contributed by atoms with van der Waals surface area (Å²) in [6.07, 6.45) is -4.17. The van der Waals surface area contributed by atoms with E-state index in [1.165, 1.54) is 12.1 Å². The van der Waals surface area contributed by atoms with E-state index in [2.05, 4.69) is 4.74 Å². The van der Waals surface area contributed by atoms with E-state index in [4.69, 9.17) is 5.11 Å². The zero-order valence-corrected chi connectivity index (χ0v) is 7.41. The summed E-state index contributed by atoms with van der Waals surface area (Å²) in [6, 6.07) is 4.97. The van der Waals surface area contributed by atoms with E-state index >= 15 is 0 Å². The number of halogens is 3. The summed E-state index contributed by atoms with van der Waals surface area (Å²) in [5.74, 6) is -1.98. The zero-order chi connectivity index (χ0) is 11.5. The molecule has 1 rings (SSSR count). The highest BCUT2D eigenvalue weighted by Gasteiger charge is 2.35. The fourth-order valence-corrected chi connectivity index (χ4v) is 0.864. The summed E-state index contributed by atoms with van der Waals surface area (Å²) in [5.41, 5.74) is -0.439. The summed E-state index contributed by atoms with van der Waals surface area (Å²) in [5, 5.41) is 9.11. The van der Waals surface area contributed by atoms with Crippen molar-refractivity contribution in [3.63, 3.8) is 0 Å². The maximum atomic E-state index is 12.3. The number of alkyl halides is 3. The lowest BCUT2D eigenvalue weighted by atomic mass is 10.2. The van der Waals surface area contributed by atoms with Gasteiger partial charge < -0.3 is 9.84 Å². The van der Waals surface area contributed by atoms with Crippen LogP contribution in [0.3, 0.4) is 0 Å². The summed E-state index contributed by atoms with van der Waals surface area (Å²) in [6.45, 7) is -2.10. The van der Waals surface area contributed by atoms with Gasteiger partial charge in [-0.2, -0.15) is 8.78 Å². The average molecular weight is 220 g/mol. The highest BCUT2D eigenvalue weighted by Crippen LogP contribution is 2.22. The summed E-state index contributed by atoms with van der Waals surface area (Å²) >= 11 is 0. The Hall–Kier alpha value is -1.72. The van der Waals surface area contributed by atoms with Crippen molar-refractivity contribution in [2.75, 3.05) is 6.67 Å². The van der Waals surface area contributed by atoms with E-state index in [0.717, 1.165) is 12.1 Å². The van der Waals surface area contributed by atoms with E-state index in [-0.39, 0.29) is 0 Å². The minimum absolute atomic E-state index is 0.439. The lowest BCUT2D eigenvalue weighted by molar-refractivity contribution is -0.209. The second kappa shape index (κ2) is 4.20. The number of hydrogen-bond donors (Lipinski definition) is 1. The van der Waals surface area contributed by atoms with Crippen LogP contribution in [-0.2, 0) is 4.74 Å². The van der Waals surface area contributed by atoms with Gasteiger partial charge in [0, 0.05) is 0 Å². The Morgan fingerprint density at radius 2 is 2.00 bits per heavy atom. The third-order valence-corrected chi connectivity index (χ3v) is 1.52. The quantitative estimate of drug-likeness (QED) is 0.793. The monoisotopic (exact) mass is 220 g/mol. The maximum absolute atomic E-state index is 12.3. The molecule has 0 aliphatic heterocycles. The first-order valence-electron chi connectivity index (χ1n) is 3.91. The summed E-state index contributed by atoms with van der Waals surface area (Å²) in [4.78, 5) is 11.0. The molecule has 1 N–H and O–H groups in total. The molecule has 0 unspecified atom stereocenters. The van der Waals surface area contributed by atoms with E-state index in [9.17, 15) is 18.0 Å². The summed E-state index contributed by atoms with van der Waals surface area (Å²) < 4.78 is 39.8. The van der Waals surface area contributed by atoms with Gasteiger partial charge in [-0.15, -0.1) is 0 Å². The van der Waals surface area contributed by atoms with Gasteiger partial charge in [0.1, 0.15) is 11.3 Å². The van der Waals surface area contributed by atoms with Crippen LogP contribution in [0, 0.1) is 0 Å². The van der Waals surface area contributed by atoms with E-state index in [1.807, 2.05) is 0 Å². The Morgan fingerprint density at radius 1 is 1.40 bits per heavy atom. The molecule has 0 saturated carbocycles. The third kappa shape index (κ3) is 2.87. The molecule has 0 atom stereocenters. The number of esters is 1. The minimum atomic E-state index is -4.17. The number of phenolic OH excluding ortho intramolecular Hbond substituents is 1. The molecule has 82 valence electrons. The fraction of sp³-hybridized carbons (Fsp3) is 0.222. The van der Waals surface area contributed by atoms with Gasteiger partial charge in [-0.1, -0.05) is 12.1 Å². The van der Waals surface area contributed by atoms with Gasteiger partial charge in [-0.05, 0) is 12.1 Å². The van der Waals surface area contributed by atoms with Crippen LogP contribution in [0.25, 0.3) is 0 Å². The number of para-hydroxylation sites is 1. The number of hydrogen-bond acceptors (Lipinski definition) is 3. The zero-order valence-electron chi connectivity index (χ0n) is 7.41.